The topological polar surface area (TPSA) is 136 Å². The maximum atomic E-state index is 14.3. The van der Waals surface area contributed by atoms with E-state index in [4.69, 9.17) is 9.57 Å². The van der Waals surface area contributed by atoms with Gasteiger partial charge in [0.2, 0.25) is 5.91 Å². The molecule has 6 rings (SSSR count). The van der Waals surface area contributed by atoms with E-state index in [0.29, 0.717) is 40.9 Å². The fourth-order valence-electron chi connectivity index (χ4n) is 9.63. The summed E-state index contributed by atoms with van der Waals surface area (Å²) in [5.74, 6) is 1.91. The summed E-state index contributed by atoms with van der Waals surface area (Å²) in [6.07, 6.45) is 1.35. The molecule has 55 heavy (non-hydrogen) atoms. The summed E-state index contributed by atoms with van der Waals surface area (Å²) < 4.78 is 6.12. The largest absolute Gasteiger partial charge is 0.496 e. The van der Waals surface area contributed by atoms with Gasteiger partial charge in [-0.2, -0.15) is 5.06 Å². The second-order valence-corrected chi connectivity index (χ2v) is 18.4. The summed E-state index contributed by atoms with van der Waals surface area (Å²) in [4.78, 5) is 36.6. The van der Waals surface area contributed by atoms with Crippen molar-refractivity contribution in [3.63, 3.8) is 0 Å². The average Bonchev–Trinajstić information content (AvgIpc) is 3.49. The van der Waals surface area contributed by atoms with E-state index in [1.54, 1.807) is 19.1 Å². The van der Waals surface area contributed by atoms with E-state index in [0.717, 1.165) is 48.3 Å². The van der Waals surface area contributed by atoms with Crippen LogP contribution in [0.5, 0.6) is 5.75 Å². The SMILES string of the molecule is COc1c(CN2O[C@@H](CO)[C@@H]([C@H](C)O)[C@H]2C(=O)N[C@H]2C[C@H]3C[C@H]([C@@H]2C)C3(C)C)cccc1-c1cc(NCC(C)C)cc(C(=O)N[C@@H](CC(C)C)CN(C)C)c1. The van der Waals surface area contributed by atoms with Gasteiger partial charge in [-0.15, -0.1) is 0 Å². The number of aliphatic hydroxyl groups is 2. The van der Waals surface area contributed by atoms with E-state index >= 15 is 0 Å². The van der Waals surface area contributed by atoms with Crippen molar-refractivity contribution in [1.82, 2.24) is 20.6 Å². The molecule has 2 aromatic carbocycles. The number of nitrogens with one attached hydrogen (secondary N) is 3. The highest BCUT2D eigenvalue weighted by atomic mass is 16.7. The number of anilines is 1. The molecule has 9 atom stereocenters. The smallest absolute Gasteiger partial charge is 0.251 e. The molecule has 0 aromatic heterocycles. The molecule has 4 aliphatic rings. The van der Waals surface area contributed by atoms with Gasteiger partial charge in [-0.25, -0.2) is 0 Å². The first-order chi connectivity index (χ1) is 25.9. The van der Waals surface area contributed by atoms with Gasteiger partial charge < -0.3 is 35.8 Å². The van der Waals surface area contributed by atoms with Crippen LogP contribution in [0.25, 0.3) is 11.1 Å². The van der Waals surface area contributed by atoms with Gasteiger partial charge in [-0.05, 0) is 99.0 Å². The van der Waals surface area contributed by atoms with Crippen LogP contribution in [0.2, 0.25) is 0 Å². The number of carbonyl (C=O) groups is 2. The number of amides is 2. The fraction of sp³-hybridized carbons (Fsp3) is 0.682. The third kappa shape index (κ3) is 9.67. The average molecular weight is 764 g/mol. The summed E-state index contributed by atoms with van der Waals surface area (Å²) in [6.45, 7) is 18.5. The fourth-order valence-corrected chi connectivity index (χ4v) is 9.63. The van der Waals surface area contributed by atoms with Gasteiger partial charge >= 0.3 is 0 Å². The van der Waals surface area contributed by atoms with E-state index in [2.05, 4.69) is 69.3 Å². The van der Waals surface area contributed by atoms with Gasteiger partial charge in [0, 0.05) is 53.5 Å². The number of likely N-dealkylation sites (N-methyl/N-ethyl adjacent to an activating group) is 1. The van der Waals surface area contributed by atoms with Crippen molar-refractivity contribution in [3.8, 4) is 16.9 Å². The molecule has 2 amide bonds. The molecule has 1 aliphatic heterocycles. The molecule has 0 unspecified atom stereocenters. The Labute approximate surface area is 329 Å². The first-order valence-electron chi connectivity index (χ1n) is 20.5. The van der Waals surface area contributed by atoms with Crippen molar-refractivity contribution >= 4 is 17.5 Å². The Morgan fingerprint density at radius 3 is 2.38 bits per heavy atom. The maximum absolute atomic E-state index is 14.3. The van der Waals surface area contributed by atoms with Crippen LogP contribution >= 0.6 is 0 Å². The number of methoxy groups -OCH3 is 1. The third-order valence-electron chi connectivity index (χ3n) is 12.6. The molecule has 4 fully saturated rings. The highest BCUT2D eigenvalue weighted by Gasteiger charge is 2.57. The molecule has 1 saturated heterocycles. The summed E-state index contributed by atoms with van der Waals surface area (Å²) in [5, 5.41) is 33.2. The highest BCUT2D eigenvalue weighted by molar-refractivity contribution is 5.97. The van der Waals surface area contributed by atoms with Crippen molar-refractivity contribution in [2.75, 3.05) is 46.2 Å². The predicted octanol–water partition coefficient (Wildman–Crippen LogP) is 5.80. The molecule has 0 spiro atoms. The van der Waals surface area contributed by atoms with Gasteiger partial charge in [-0.3, -0.25) is 14.4 Å². The van der Waals surface area contributed by atoms with E-state index in [1.165, 1.54) is 6.42 Å². The number of hydroxylamine groups is 2. The van der Waals surface area contributed by atoms with Crippen molar-refractivity contribution in [2.45, 2.75) is 112 Å². The lowest BCUT2D eigenvalue weighted by molar-refractivity contribution is -0.183. The van der Waals surface area contributed by atoms with Crippen LogP contribution in [0.15, 0.2) is 36.4 Å². The molecule has 5 N–H and O–H groups in total. The number of hydrogen-bond acceptors (Lipinski definition) is 9. The first-order valence-corrected chi connectivity index (χ1v) is 20.5. The van der Waals surface area contributed by atoms with Crippen LogP contribution in [0.3, 0.4) is 0 Å². The standard InChI is InChI=1S/C44H69N5O6/c1-25(2)15-34(23-48(9)10)46-42(52)31-16-30(17-33(18-31)45-21-26(3)4)35-14-12-13-29(41(35)54-11)22-49-40(39(28(6)51)38(24-50)55-49)43(53)47-37-20-32-19-36(27(37)5)44(32,7)8/h12-14,16-18,25-28,32,34,36-40,45,50-51H,15,19-24H2,1-11H3,(H,46,52)(H,47,53)/t27-,28-,32+,34-,36+,37-,38-,39+,40-/m0/s1. The normalized spacial score (nSPS) is 27.2. The number of benzene rings is 2. The van der Waals surface area contributed by atoms with Crippen LogP contribution in [0, 0.1) is 40.9 Å². The molecule has 306 valence electrons. The van der Waals surface area contributed by atoms with Gasteiger partial charge in [0.1, 0.15) is 17.9 Å². The summed E-state index contributed by atoms with van der Waals surface area (Å²) >= 11 is 0. The number of fused-ring (bicyclic) bond motifs is 2. The van der Waals surface area contributed by atoms with E-state index in [-0.39, 0.29) is 42.5 Å². The van der Waals surface area contributed by atoms with Gasteiger partial charge in [0.05, 0.1) is 26.4 Å². The molecule has 0 radical (unpaired) electrons. The zero-order valence-corrected chi connectivity index (χ0v) is 35.2. The van der Waals surface area contributed by atoms with Crippen LogP contribution < -0.4 is 20.7 Å². The lowest BCUT2D eigenvalue weighted by Gasteiger charge is -2.62. The van der Waals surface area contributed by atoms with Crippen molar-refractivity contribution in [1.29, 1.82) is 0 Å². The minimum Gasteiger partial charge on any atom is -0.496 e. The minimum absolute atomic E-state index is 0.00577. The molecule has 1 heterocycles. The number of nitrogens with zero attached hydrogens (tertiary/aromatic N) is 2. The first kappa shape index (κ1) is 42.9. The maximum Gasteiger partial charge on any atom is 0.251 e. The van der Waals surface area contributed by atoms with Crippen molar-refractivity contribution in [2.24, 2.45) is 40.9 Å². The number of hydrogen-bond donors (Lipinski definition) is 5. The Morgan fingerprint density at radius 1 is 1.07 bits per heavy atom. The van der Waals surface area contributed by atoms with Crippen LogP contribution in [0.1, 0.15) is 90.6 Å². The predicted molar refractivity (Wildman–Crippen MR) is 219 cm³/mol. The Balaban J connectivity index is 1.46. The van der Waals surface area contributed by atoms with Gasteiger partial charge in [0.15, 0.2) is 0 Å². The number of carbonyl (C=O) groups excluding carboxylic acids is 2. The quantitative estimate of drug-likeness (QED) is 0.136. The Bertz CT molecular complexity index is 1620. The van der Waals surface area contributed by atoms with Crippen LogP contribution in [-0.2, 0) is 16.2 Å². The van der Waals surface area contributed by atoms with Crippen molar-refractivity contribution < 1.29 is 29.4 Å². The molecule has 11 heteroatoms. The third-order valence-corrected chi connectivity index (χ3v) is 12.6. The van der Waals surface area contributed by atoms with Gasteiger partial charge in [-0.1, -0.05) is 66.7 Å². The Kier molecular flexibility index (Phi) is 14.0. The van der Waals surface area contributed by atoms with E-state index in [9.17, 15) is 19.8 Å². The zero-order valence-electron chi connectivity index (χ0n) is 35.2. The summed E-state index contributed by atoms with van der Waals surface area (Å²) in [7, 11) is 5.66. The Hall–Kier alpha value is -3.22. The number of rotatable bonds is 17. The second-order valence-electron chi connectivity index (χ2n) is 18.4. The zero-order chi connectivity index (χ0) is 40.4. The van der Waals surface area contributed by atoms with E-state index in [1.807, 2.05) is 50.5 Å². The molecule has 2 bridgehead atoms. The number of aliphatic hydroxyl groups excluding tert-OH is 2. The lowest BCUT2D eigenvalue weighted by atomic mass is 9.45. The van der Waals surface area contributed by atoms with Gasteiger partial charge in [0.25, 0.3) is 5.91 Å². The number of para-hydroxylation sites is 1. The molecule has 2 aromatic rings. The van der Waals surface area contributed by atoms with Crippen LogP contribution in [-0.4, -0.2) is 103 Å². The monoisotopic (exact) mass is 764 g/mol. The molecular weight excluding hydrogens is 695 g/mol. The van der Waals surface area contributed by atoms with Crippen molar-refractivity contribution in [3.05, 3.63) is 47.5 Å². The Morgan fingerprint density at radius 2 is 1.80 bits per heavy atom. The highest BCUT2D eigenvalue weighted by Crippen LogP contribution is 2.61. The molecule has 3 saturated carbocycles. The summed E-state index contributed by atoms with van der Waals surface area (Å²) in [5.41, 5.74) is 4.03. The molecule has 11 nitrogen and oxygen atoms in total. The van der Waals surface area contributed by atoms with E-state index < -0.39 is 24.2 Å². The molecule has 3 aliphatic carbocycles. The lowest BCUT2D eigenvalue weighted by Crippen LogP contribution is -2.62. The summed E-state index contributed by atoms with van der Waals surface area (Å²) in [6, 6.07) is 10.9. The second kappa shape index (κ2) is 17.9. The number of ether oxygens (including phenoxy) is 1. The molecular formula is C44H69N5O6. The minimum atomic E-state index is -0.897. The van der Waals surface area contributed by atoms with Crippen LogP contribution in [0.4, 0.5) is 5.69 Å².